The molecule has 33 heavy (non-hydrogen) atoms. The van der Waals surface area contributed by atoms with Crippen molar-refractivity contribution in [2.24, 2.45) is 0 Å². The van der Waals surface area contributed by atoms with Crippen LogP contribution in [0.2, 0.25) is 0 Å². The average molecular weight is 450 g/mol. The van der Waals surface area contributed by atoms with Crippen LogP contribution in [0.25, 0.3) is 11.3 Å². The Hall–Kier alpha value is -3.32. The van der Waals surface area contributed by atoms with Gasteiger partial charge in [-0.3, -0.25) is 9.69 Å². The molecule has 1 aromatic heterocycles. The van der Waals surface area contributed by atoms with Gasteiger partial charge >= 0.3 is 0 Å². The summed E-state index contributed by atoms with van der Waals surface area (Å²) < 4.78 is 16.4. The fourth-order valence-corrected chi connectivity index (χ4v) is 4.19. The van der Waals surface area contributed by atoms with E-state index in [-0.39, 0.29) is 11.9 Å². The number of oxazole rings is 1. The highest BCUT2D eigenvalue weighted by Crippen LogP contribution is 2.27. The third-order valence-corrected chi connectivity index (χ3v) is 6.05. The number of ether oxygens (including phenoxy) is 2. The summed E-state index contributed by atoms with van der Waals surface area (Å²) in [4.78, 5) is 19.4. The summed E-state index contributed by atoms with van der Waals surface area (Å²) in [6.45, 7) is 2.65. The molecule has 1 unspecified atom stereocenters. The highest BCUT2D eigenvalue weighted by Gasteiger charge is 2.24. The molecule has 3 aromatic rings. The molecule has 1 amide bonds. The van der Waals surface area contributed by atoms with Gasteiger partial charge < -0.3 is 19.2 Å². The lowest BCUT2D eigenvalue weighted by molar-refractivity contribution is -0.121. The molecule has 174 valence electrons. The average Bonchev–Trinajstić information content (AvgIpc) is 3.56. The molecule has 1 fully saturated rings. The SMILES string of the molecule is COc1ccc(-c2cnc(CCC(=O)NCC(c3cccc(OC)c3)N3CCCC3)o2)cc1. The van der Waals surface area contributed by atoms with E-state index in [0.717, 1.165) is 35.7 Å². The van der Waals surface area contributed by atoms with Crippen molar-refractivity contribution in [3.05, 3.63) is 66.2 Å². The highest BCUT2D eigenvalue weighted by atomic mass is 16.5. The summed E-state index contributed by atoms with van der Waals surface area (Å²) in [7, 11) is 3.31. The van der Waals surface area contributed by atoms with Gasteiger partial charge in [-0.1, -0.05) is 12.1 Å². The number of hydrogen-bond acceptors (Lipinski definition) is 6. The van der Waals surface area contributed by atoms with Crippen molar-refractivity contribution < 1.29 is 18.7 Å². The first kappa shape index (κ1) is 22.9. The Labute approximate surface area is 194 Å². The van der Waals surface area contributed by atoms with Gasteiger partial charge in [0.05, 0.1) is 26.5 Å². The van der Waals surface area contributed by atoms with E-state index >= 15 is 0 Å². The molecule has 1 atom stereocenters. The molecular formula is C26H31N3O4. The minimum Gasteiger partial charge on any atom is -0.497 e. The normalized spacial score (nSPS) is 14.7. The fourth-order valence-electron chi connectivity index (χ4n) is 4.19. The number of hydrogen-bond donors (Lipinski definition) is 1. The minimum absolute atomic E-state index is 0.00806. The molecule has 4 rings (SSSR count). The number of nitrogens with one attached hydrogen (secondary N) is 1. The van der Waals surface area contributed by atoms with Gasteiger partial charge in [-0.05, 0) is 67.9 Å². The molecule has 1 aliphatic rings. The molecule has 7 heteroatoms. The molecule has 2 aromatic carbocycles. The smallest absolute Gasteiger partial charge is 0.220 e. The Morgan fingerprint density at radius 3 is 2.58 bits per heavy atom. The first-order valence-electron chi connectivity index (χ1n) is 11.4. The van der Waals surface area contributed by atoms with Gasteiger partial charge in [0.15, 0.2) is 11.7 Å². The Bertz CT molecular complexity index is 1040. The number of carbonyl (C=O) groups is 1. The predicted molar refractivity (Wildman–Crippen MR) is 126 cm³/mol. The summed E-state index contributed by atoms with van der Waals surface area (Å²) in [5.41, 5.74) is 2.08. The summed E-state index contributed by atoms with van der Waals surface area (Å²) in [6.07, 6.45) is 4.86. The monoisotopic (exact) mass is 449 g/mol. The zero-order chi connectivity index (χ0) is 23.0. The third-order valence-electron chi connectivity index (χ3n) is 6.05. The summed E-state index contributed by atoms with van der Waals surface area (Å²) in [6, 6.07) is 15.8. The zero-order valence-corrected chi connectivity index (χ0v) is 19.3. The van der Waals surface area contributed by atoms with E-state index in [0.29, 0.717) is 31.0 Å². The standard InChI is InChI=1S/C26H31N3O4/c1-31-21-10-8-19(9-11-21)24-18-28-26(33-24)13-12-25(30)27-17-23(29-14-3-4-15-29)20-6-5-7-22(16-20)32-2/h5-11,16,18,23H,3-4,12-15,17H2,1-2H3,(H,27,30). The van der Waals surface area contributed by atoms with Crippen molar-refractivity contribution in [2.45, 2.75) is 31.7 Å². The Morgan fingerprint density at radius 2 is 1.85 bits per heavy atom. The number of likely N-dealkylation sites (tertiary alicyclic amines) is 1. The lowest BCUT2D eigenvalue weighted by Crippen LogP contribution is -2.36. The van der Waals surface area contributed by atoms with Crippen LogP contribution in [0.15, 0.2) is 59.1 Å². The maximum Gasteiger partial charge on any atom is 0.220 e. The molecule has 0 radical (unpaired) electrons. The second kappa shape index (κ2) is 11.0. The molecule has 1 saturated heterocycles. The first-order chi connectivity index (χ1) is 16.2. The molecule has 0 aliphatic carbocycles. The predicted octanol–water partition coefficient (Wildman–Crippen LogP) is 4.24. The van der Waals surface area contributed by atoms with Crippen molar-refractivity contribution >= 4 is 5.91 Å². The van der Waals surface area contributed by atoms with Crippen LogP contribution < -0.4 is 14.8 Å². The Kier molecular flexibility index (Phi) is 7.62. The molecule has 7 nitrogen and oxygen atoms in total. The first-order valence-corrected chi connectivity index (χ1v) is 11.4. The van der Waals surface area contributed by atoms with Crippen LogP contribution in [0.1, 0.15) is 36.8 Å². The topological polar surface area (TPSA) is 76.8 Å². The Balaban J connectivity index is 1.32. The van der Waals surface area contributed by atoms with Crippen molar-refractivity contribution in [3.63, 3.8) is 0 Å². The number of aromatic nitrogens is 1. The molecular weight excluding hydrogens is 418 g/mol. The number of nitrogens with zero attached hydrogens (tertiary/aromatic N) is 2. The van der Waals surface area contributed by atoms with Crippen molar-refractivity contribution in [1.29, 1.82) is 0 Å². The number of rotatable bonds is 10. The van der Waals surface area contributed by atoms with E-state index in [1.165, 1.54) is 12.8 Å². The van der Waals surface area contributed by atoms with E-state index in [1.54, 1.807) is 20.4 Å². The highest BCUT2D eigenvalue weighted by molar-refractivity contribution is 5.76. The van der Waals surface area contributed by atoms with Gasteiger partial charge in [-0.15, -0.1) is 0 Å². The molecule has 0 bridgehead atoms. The number of benzene rings is 2. The van der Waals surface area contributed by atoms with E-state index < -0.39 is 0 Å². The number of aryl methyl sites for hydroxylation is 1. The van der Waals surface area contributed by atoms with E-state index in [1.807, 2.05) is 36.4 Å². The fraction of sp³-hybridized carbons (Fsp3) is 0.385. The van der Waals surface area contributed by atoms with Gasteiger partial charge in [0, 0.05) is 24.9 Å². The maximum absolute atomic E-state index is 12.6. The van der Waals surface area contributed by atoms with Crippen LogP contribution in [0.3, 0.4) is 0 Å². The molecule has 1 aliphatic heterocycles. The third kappa shape index (κ3) is 5.93. The van der Waals surface area contributed by atoms with Gasteiger partial charge in [0.1, 0.15) is 11.5 Å². The number of amides is 1. The molecule has 1 N–H and O–H groups in total. The Morgan fingerprint density at radius 1 is 1.09 bits per heavy atom. The largest absolute Gasteiger partial charge is 0.497 e. The molecule has 2 heterocycles. The van der Waals surface area contributed by atoms with E-state index in [4.69, 9.17) is 13.9 Å². The zero-order valence-electron chi connectivity index (χ0n) is 19.3. The van der Waals surface area contributed by atoms with Gasteiger partial charge in [0.2, 0.25) is 5.91 Å². The number of carbonyl (C=O) groups excluding carboxylic acids is 1. The van der Waals surface area contributed by atoms with Gasteiger partial charge in [-0.2, -0.15) is 0 Å². The van der Waals surface area contributed by atoms with Gasteiger partial charge in [-0.25, -0.2) is 4.98 Å². The maximum atomic E-state index is 12.6. The second-order valence-electron chi connectivity index (χ2n) is 8.19. The number of methoxy groups -OCH3 is 2. The lowest BCUT2D eigenvalue weighted by Gasteiger charge is -2.28. The second-order valence-corrected chi connectivity index (χ2v) is 8.19. The van der Waals surface area contributed by atoms with Crippen LogP contribution in [0, 0.1) is 0 Å². The van der Waals surface area contributed by atoms with Crippen LogP contribution in [0.5, 0.6) is 11.5 Å². The molecule has 0 spiro atoms. The van der Waals surface area contributed by atoms with Crippen molar-refractivity contribution in [2.75, 3.05) is 33.9 Å². The summed E-state index contributed by atoms with van der Waals surface area (Å²) in [5, 5.41) is 3.11. The van der Waals surface area contributed by atoms with Crippen LogP contribution in [-0.4, -0.2) is 49.6 Å². The van der Waals surface area contributed by atoms with Crippen molar-refractivity contribution in [3.8, 4) is 22.8 Å². The summed E-state index contributed by atoms with van der Waals surface area (Å²) in [5.74, 6) is 2.85. The van der Waals surface area contributed by atoms with Crippen LogP contribution >= 0.6 is 0 Å². The van der Waals surface area contributed by atoms with Crippen LogP contribution in [0.4, 0.5) is 0 Å². The lowest BCUT2D eigenvalue weighted by atomic mass is 10.0. The quantitative estimate of drug-likeness (QED) is 0.499. The summed E-state index contributed by atoms with van der Waals surface area (Å²) >= 11 is 0. The minimum atomic E-state index is -0.00806. The van der Waals surface area contributed by atoms with E-state index in [9.17, 15) is 4.79 Å². The van der Waals surface area contributed by atoms with Crippen molar-refractivity contribution in [1.82, 2.24) is 15.2 Å². The van der Waals surface area contributed by atoms with Gasteiger partial charge in [0.25, 0.3) is 0 Å². The van der Waals surface area contributed by atoms with E-state index in [2.05, 4.69) is 27.3 Å². The molecule has 0 saturated carbocycles. The van der Waals surface area contributed by atoms with Crippen LogP contribution in [-0.2, 0) is 11.2 Å².